The van der Waals surface area contributed by atoms with Gasteiger partial charge in [-0.3, -0.25) is 13.5 Å². The molecule has 0 aromatic heterocycles. The topological polar surface area (TPSA) is 198 Å². The van der Waals surface area contributed by atoms with Gasteiger partial charge in [-0.05, 0) is 110 Å². The van der Waals surface area contributed by atoms with Crippen LogP contribution in [0.1, 0.15) is 62.1 Å². The molecular weight excluding hydrogens is 771 g/mol. The summed E-state index contributed by atoms with van der Waals surface area (Å²) < 4.78 is 44.0. The van der Waals surface area contributed by atoms with Crippen LogP contribution in [0.15, 0.2) is 102 Å². The van der Waals surface area contributed by atoms with Gasteiger partial charge < -0.3 is 31.1 Å². The SMILES string of the molecule is CS(=O)(=O)O[C@@H]1CCCC(N2c3ccccc3CCc3ccccc32)[C@@H]1O.[2H]CF.[N-]=[N+]=N[C@H]1CCCC(N2c3ccccc3CCc3ccccc32)[C@@H]1O.[N-]=[N+]=[N-].[Na+]. The minimum absolute atomic E-state index is 0. The maximum absolute atomic E-state index is 11.6. The van der Waals surface area contributed by atoms with E-state index in [9.17, 15) is 23.0 Å². The number of anilines is 4. The van der Waals surface area contributed by atoms with Crippen LogP contribution in [0.5, 0.6) is 0 Å². The zero-order chi connectivity index (χ0) is 41.7. The Kier molecular flexibility index (Phi) is 17.3. The van der Waals surface area contributed by atoms with Gasteiger partial charge in [0.2, 0.25) is 0 Å². The first-order valence-corrected chi connectivity index (χ1v) is 20.9. The molecule has 302 valence electrons. The van der Waals surface area contributed by atoms with Crippen molar-refractivity contribution in [3.05, 3.63) is 146 Å². The molecule has 2 unspecified atom stereocenters. The van der Waals surface area contributed by atoms with Crippen molar-refractivity contribution in [3.8, 4) is 0 Å². The Labute approximate surface area is 363 Å². The molecule has 0 bridgehead atoms. The summed E-state index contributed by atoms with van der Waals surface area (Å²) in [5.74, 6) is 0. The van der Waals surface area contributed by atoms with Crippen molar-refractivity contribution in [1.82, 2.24) is 0 Å². The van der Waals surface area contributed by atoms with Gasteiger partial charge in [-0.2, -0.15) is 8.42 Å². The number of alkyl halides is 1. The summed E-state index contributed by atoms with van der Waals surface area (Å²) in [7, 11) is -4.62. The van der Waals surface area contributed by atoms with Gasteiger partial charge in [0.1, 0.15) is 12.2 Å². The Morgan fingerprint density at radius 3 is 1.40 bits per heavy atom. The Morgan fingerprint density at radius 1 is 0.690 bits per heavy atom. The maximum Gasteiger partial charge on any atom is 1.00 e. The molecule has 16 heteroatoms. The van der Waals surface area contributed by atoms with Crippen LogP contribution in [0, 0.1) is 0 Å². The number of aryl methyl sites for hydroxylation is 4. The molecule has 2 fully saturated rings. The first-order valence-electron chi connectivity index (χ1n) is 19.8. The minimum atomic E-state index is -3.62. The molecule has 58 heavy (non-hydrogen) atoms. The molecule has 2 heterocycles. The molecule has 2 aliphatic carbocycles. The third kappa shape index (κ3) is 11.1. The molecule has 0 saturated heterocycles. The molecular formula is C42H50FN8NaO5S. The average molecular weight is 822 g/mol. The number of rotatable bonds is 5. The molecule has 2 saturated carbocycles. The zero-order valence-corrected chi connectivity index (χ0v) is 35.8. The van der Waals surface area contributed by atoms with E-state index < -0.39 is 35.6 Å². The van der Waals surface area contributed by atoms with Crippen molar-refractivity contribution >= 4 is 32.9 Å². The van der Waals surface area contributed by atoms with Crippen molar-refractivity contribution in [2.45, 2.75) is 101 Å². The van der Waals surface area contributed by atoms with Gasteiger partial charge in [0.05, 0.1) is 39.0 Å². The third-order valence-corrected chi connectivity index (χ3v) is 11.6. The summed E-state index contributed by atoms with van der Waals surface area (Å²) in [6.45, 7) is 0. The predicted molar refractivity (Wildman–Crippen MR) is 222 cm³/mol. The number of para-hydroxylation sites is 4. The summed E-state index contributed by atoms with van der Waals surface area (Å²) >= 11 is 0. The first-order chi connectivity index (χ1) is 28.1. The molecule has 4 aromatic carbocycles. The van der Waals surface area contributed by atoms with Gasteiger partial charge >= 0.3 is 29.6 Å². The first kappa shape index (κ1) is 45.0. The number of azide groups is 1. The van der Waals surface area contributed by atoms with Crippen LogP contribution in [0.3, 0.4) is 0 Å². The minimum Gasteiger partial charge on any atom is -0.391 e. The second-order valence-electron chi connectivity index (χ2n) is 14.4. The maximum atomic E-state index is 11.6. The van der Waals surface area contributed by atoms with Crippen molar-refractivity contribution in [2.75, 3.05) is 23.2 Å². The molecule has 2 N–H and O–H groups in total. The predicted octanol–water partition coefficient (Wildman–Crippen LogP) is 6.15. The molecule has 0 radical (unpaired) electrons. The van der Waals surface area contributed by atoms with E-state index in [0.29, 0.717) is 6.42 Å². The number of nitrogens with zero attached hydrogens (tertiary/aromatic N) is 8. The fourth-order valence-corrected chi connectivity index (χ4v) is 9.34. The Hall–Kier alpha value is -4.14. The van der Waals surface area contributed by atoms with Crippen LogP contribution < -0.4 is 39.4 Å². The number of aliphatic hydroxyl groups is 2. The van der Waals surface area contributed by atoms with Crippen LogP contribution in [0.25, 0.3) is 26.4 Å². The van der Waals surface area contributed by atoms with Crippen LogP contribution >= 0.6 is 0 Å². The van der Waals surface area contributed by atoms with Gasteiger partial charge in [-0.25, -0.2) is 0 Å². The number of hydrogen-bond acceptors (Lipinski definition) is 8. The quantitative estimate of drug-likeness (QED) is 0.0791. The van der Waals surface area contributed by atoms with Crippen molar-refractivity contribution < 1.29 is 58.1 Å². The van der Waals surface area contributed by atoms with E-state index >= 15 is 0 Å². The van der Waals surface area contributed by atoms with Gasteiger partial charge in [-0.1, -0.05) is 84.3 Å². The molecule has 0 spiro atoms. The smallest absolute Gasteiger partial charge is 0.391 e. The Balaban J connectivity index is 0.000000227. The van der Waals surface area contributed by atoms with Crippen LogP contribution in [0.2, 0.25) is 0 Å². The van der Waals surface area contributed by atoms with E-state index in [2.05, 4.69) is 92.6 Å². The van der Waals surface area contributed by atoms with Crippen molar-refractivity contribution in [2.24, 2.45) is 5.11 Å². The normalized spacial score (nSPS) is 23.2. The second-order valence-corrected chi connectivity index (χ2v) is 16.0. The van der Waals surface area contributed by atoms with Crippen LogP contribution in [-0.2, 0) is 40.0 Å². The van der Waals surface area contributed by atoms with Crippen molar-refractivity contribution in [1.29, 1.82) is 0 Å². The van der Waals surface area contributed by atoms with Gasteiger partial charge in [0, 0.05) is 27.7 Å². The number of fused-ring (bicyclic) bond motifs is 4. The van der Waals surface area contributed by atoms with E-state index in [1.807, 2.05) is 24.3 Å². The van der Waals surface area contributed by atoms with Gasteiger partial charge in [0.15, 0.2) is 0 Å². The summed E-state index contributed by atoms with van der Waals surface area (Å²) in [5, 5.41) is 25.9. The molecule has 8 rings (SSSR count). The Morgan fingerprint density at radius 2 is 1.03 bits per heavy atom. The van der Waals surface area contributed by atoms with E-state index in [1.165, 1.54) is 27.2 Å². The van der Waals surface area contributed by atoms with E-state index in [-0.39, 0.29) is 47.7 Å². The number of halogens is 1. The molecule has 13 nitrogen and oxygen atoms in total. The molecule has 4 aromatic rings. The summed E-state index contributed by atoms with van der Waals surface area (Å²) in [6, 6.07) is 32.8. The monoisotopic (exact) mass is 821 g/mol. The molecule has 6 atom stereocenters. The fourth-order valence-electron chi connectivity index (χ4n) is 8.68. The second kappa shape index (κ2) is 22.3. The average Bonchev–Trinajstić information content (AvgIpc) is 3.48. The number of hydrogen-bond donors (Lipinski definition) is 2. The standard InChI is InChI=1S/C21H25NO4S.C20H22N4O.CH3F.N3.Na/c1-27(24,25)26-20-12-6-11-19(21(20)23)22-17-9-4-2-7-15(17)13-14-16-8-3-5-10-18(16)22;21-23-22-16-8-5-11-19(20(16)25)24-17-9-3-1-6-14(17)12-13-15-7-2-4-10-18(15)24;1-2;1-3-2;/h2-5,7-10,19-21,23H,6,11-14H2,1H3;1-4,6-7,9-10,16,19-20,25H,5,8,11-13H2;1H3;;/q;;;-1;+1/t19?,20-,21+;16-,19?,20+;;;/m10.../s1/i;;1D;;. The molecule has 2 aliphatic heterocycles. The van der Waals surface area contributed by atoms with Crippen molar-refractivity contribution in [3.63, 3.8) is 0 Å². The van der Waals surface area contributed by atoms with Gasteiger partial charge in [0.25, 0.3) is 10.1 Å². The van der Waals surface area contributed by atoms with E-state index in [4.69, 9.17) is 22.1 Å². The zero-order valence-electron chi connectivity index (χ0n) is 34.0. The third-order valence-electron chi connectivity index (χ3n) is 11.0. The summed E-state index contributed by atoms with van der Waals surface area (Å²) in [5.41, 5.74) is 31.9. The summed E-state index contributed by atoms with van der Waals surface area (Å²) in [6.07, 6.45) is 7.38. The van der Waals surface area contributed by atoms with E-state index in [0.717, 1.165) is 86.8 Å². The van der Waals surface area contributed by atoms with E-state index in [1.54, 1.807) is 0 Å². The van der Waals surface area contributed by atoms with Crippen LogP contribution in [-0.4, -0.2) is 68.5 Å². The Bertz CT molecular complexity index is 2080. The molecule has 4 aliphatic rings. The van der Waals surface area contributed by atoms with Gasteiger partial charge in [-0.15, -0.1) is 0 Å². The fraction of sp³-hybridized carbons (Fsp3) is 0.429. The summed E-state index contributed by atoms with van der Waals surface area (Å²) in [4.78, 5) is 8.94. The number of benzene rings is 4. The van der Waals surface area contributed by atoms with Crippen LogP contribution in [0.4, 0.5) is 27.1 Å². The number of aliphatic hydroxyl groups excluding tert-OH is 2. The largest absolute Gasteiger partial charge is 1.00 e. The molecule has 0 amide bonds.